The summed E-state index contributed by atoms with van der Waals surface area (Å²) in [7, 11) is 0. The van der Waals surface area contributed by atoms with Crippen LogP contribution in [0.4, 0.5) is 0 Å². The predicted octanol–water partition coefficient (Wildman–Crippen LogP) is 0.0469. The van der Waals surface area contributed by atoms with Crippen molar-refractivity contribution >= 4 is 11.9 Å². The smallest absolute Gasteiger partial charge is 0.326 e. The lowest BCUT2D eigenvalue weighted by molar-refractivity contribution is -0.149. The van der Waals surface area contributed by atoms with Gasteiger partial charge in [-0.2, -0.15) is 0 Å². The van der Waals surface area contributed by atoms with Gasteiger partial charge in [0.05, 0.1) is 5.92 Å². The topological polar surface area (TPSA) is 83.6 Å². The molecule has 0 aromatic carbocycles. The van der Waals surface area contributed by atoms with Crippen LogP contribution < -0.4 is 5.73 Å². The van der Waals surface area contributed by atoms with E-state index in [1.807, 2.05) is 6.92 Å². The highest BCUT2D eigenvalue weighted by Crippen LogP contribution is 2.20. The summed E-state index contributed by atoms with van der Waals surface area (Å²) in [5.74, 6) is -1.25. The van der Waals surface area contributed by atoms with E-state index >= 15 is 0 Å². The molecular weight excluding hydrogens is 196 g/mol. The number of amides is 1. The van der Waals surface area contributed by atoms with E-state index in [2.05, 4.69) is 0 Å². The minimum atomic E-state index is -0.910. The van der Waals surface area contributed by atoms with Crippen LogP contribution in [-0.2, 0) is 9.59 Å². The monoisotopic (exact) mass is 214 g/mol. The summed E-state index contributed by atoms with van der Waals surface area (Å²) >= 11 is 0. The first kappa shape index (κ1) is 12.0. The lowest BCUT2D eigenvalue weighted by Gasteiger charge is -2.25. The zero-order valence-electron chi connectivity index (χ0n) is 8.98. The Morgan fingerprint density at radius 2 is 2.27 bits per heavy atom. The van der Waals surface area contributed by atoms with E-state index in [1.54, 1.807) is 0 Å². The molecule has 0 radical (unpaired) electrons. The summed E-state index contributed by atoms with van der Waals surface area (Å²) in [4.78, 5) is 24.3. The van der Waals surface area contributed by atoms with E-state index in [-0.39, 0.29) is 18.4 Å². The molecule has 1 rings (SSSR count). The number of nitrogens with two attached hydrogens (primary N) is 1. The SMILES string of the molecule is CCC(CN)C(=O)N1CCCC1C(=O)O. The molecule has 2 unspecified atom stereocenters. The number of hydrogen-bond acceptors (Lipinski definition) is 3. The highest BCUT2D eigenvalue weighted by Gasteiger charge is 2.35. The molecule has 5 heteroatoms. The first-order valence-electron chi connectivity index (χ1n) is 5.35. The van der Waals surface area contributed by atoms with E-state index in [9.17, 15) is 9.59 Å². The molecule has 1 aliphatic heterocycles. The quantitative estimate of drug-likeness (QED) is 0.692. The van der Waals surface area contributed by atoms with Gasteiger partial charge >= 0.3 is 5.97 Å². The Morgan fingerprint density at radius 3 is 2.73 bits per heavy atom. The Morgan fingerprint density at radius 1 is 1.60 bits per heavy atom. The van der Waals surface area contributed by atoms with Crippen LogP contribution >= 0.6 is 0 Å². The van der Waals surface area contributed by atoms with E-state index in [4.69, 9.17) is 10.8 Å². The summed E-state index contributed by atoms with van der Waals surface area (Å²) in [6.07, 6.45) is 1.99. The first-order chi connectivity index (χ1) is 7.11. The molecule has 0 aromatic heterocycles. The zero-order chi connectivity index (χ0) is 11.4. The van der Waals surface area contributed by atoms with Crippen molar-refractivity contribution in [1.29, 1.82) is 0 Å². The van der Waals surface area contributed by atoms with Crippen molar-refractivity contribution in [2.24, 2.45) is 11.7 Å². The molecule has 0 aromatic rings. The molecule has 86 valence electrons. The lowest BCUT2D eigenvalue weighted by Crippen LogP contribution is -2.45. The van der Waals surface area contributed by atoms with Crippen LogP contribution in [0.25, 0.3) is 0 Å². The molecule has 1 heterocycles. The number of carboxylic acids is 1. The molecule has 0 bridgehead atoms. The van der Waals surface area contributed by atoms with Crippen molar-refractivity contribution in [3.63, 3.8) is 0 Å². The van der Waals surface area contributed by atoms with Gasteiger partial charge in [-0.25, -0.2) is 4.79 Å². The zero-order valence-corrected chi connectivity index (χ0v) is 8.98. The fourth-order valence-corrected chi connectivity index (χ4v) is 1.96. The van der Waals surface area contributed by atoms with Crippen LogP contribution in [0.2, 0.25) is 0 Å². The molecule has 1 aliphatic rings. The molecule has 2 atom stereocenters. The van der Waals surface area contributed by atoms with Gasteiger partial charge in [0, 0.05) is 13.1 Å². The summed E-state index contributed by atoms with van der Waals surface area (Å²) < 4.78 is 0. The van der Waals surface area contributed by atoms with Crippen LogP contribution in [0, 0.1) is 5.92 Å². The van der Waals surface area contributed by atoms with Gasteiger partial charge in [0.2, 0.25) is 5.91 Å². The van der Waals surface area contributed by atoms with Crippen molar-refractivity contribution in [3.8, 4) is 0 Å². The average molecular weight is 214 g/mol. The number of carbonyl (C=O) groups excluding carboxylic acids is 1. The second kappa shape index (κ2) is 5.11. The Labute approximate surface area is 89.2 Å². The number of carbonyl (C=O) groups is 2. The number of likely N-dealkylation sites (tertiary alicyclic amines) is 1. The van der Waals surface area contributed by atoms with Gasteiger partial charge in [0.15, 0.2) is 0 Å². The Bertz CT molecular complexity index is 251. The van der Waals surface area contributed by atoms with Crippen molar-refractivity contribution < 1.29 is 14.7 Å². The van der Waals surface area contributed by atoms with Crippen molar-refractivity contribution in [2.45, 2.75) is 32.2 Å². The molecule has 0 aliphatic carbocycles. The molecular formula is C10H18N2O3. The standard InChI is InChI=1S/C10H18N2O3/c1-2-7(6-11)9(13)12-5-3-4-8(12)10(14)15/h7-8H,2-6,11H2,1H3,(H,14,15). The molecule has 1 fully saturated rings. The molecule has 1 saturated heterocycles. The van der Waals surface area contributed by atoms with Gasteiger partial charge in [0.1, 0.15) is 6.04 Å². The molecule has 5 nitrogen and oxygen atoms in total. The molecule has 0 spiro atoms. The third-order valence-corrected chi connectivity index (χ3v) is 2.95. The fraction of sp³-hybridized carbons (Fsp3) is 0.800. The first-order valence-corrected chi connectivity index (χ1v) is 5.35. The summed E-state index contributed by atoms with van der Waals surface area (Å²) in [6, 6.07) is -0.641. The Hall–Kier alpha value is -1.10. The van der Waals surface area contributed by atoms with Crippen molar-refractivity contribution in [3.05, 3.63) is 0 Å². The maximum Gasteiger partial charge on any atom is 0.326 e. The minimum absolute atomic E-state index is 0.107. The fourth-order valence-electron chi connectivity index (χ4n) is 1.96. The number of nitrogens with zero attached hydrogens (tertiary/aromatic N) is 1. The average Bonchev–Trinajstić information content (AvgIpc) is 2.67. The highest BCUT2D eigenvalue weighted by molar-refractivity contribution is 5.85. The van der Waals surface area contributed by atoms with Crippen LogP contribution in [0.5, 0.6) is 0 Å². The van der Waals surface area contributed by atoms with Crippen LogP contribution in [0.1, 0.15) is 26.2 Å². The van der Waals surface area contributed by atoms with Crippen LogP contribution in [0.15, 0.2) is 0 Å². The summed E-state index contributed by atoms with van der Waals surface area (Å²) in [5.41, 5.74) is 5.48. The third kappa shape index (κ3) is 2.47. The minimum Gasteiger partial charge on any atom is -0.480 e. The maximum atomic E-state index is 11.9. The highest BCUT2D eigenvalue weighted by atomic mass is 16.4. The van der Waals surface area contributed by atoms with Gasteiger partial charge in [-0.1, -0.05) is 6.92 Å². The van der Waals surface area contributed by atoms with E-state index in [1.165, 1.54) is 4.90 Å². The van der Waals surface area contributed by atoms with E-state index < -0.39 is 12.0 Å². The Kier molecular flexibility index (Phi) is 4.08. The number of aliphatic carboxylic acids is 1. The third-order valence-electron chi connectivity index (χ3n) is 2.95. The van der Waals surface area contributed by atoms with Crippen LogP contribution in [0.3, 0.4) is 0 Å². The van der Waals surface area contributed by atoms with Crippen molar-refractivity contribution in [2.75, 3.05) is 13.1 Å². The summed E-state index contributed by atoms with van der Waals surface area (Å²) in [6.45, 7) is 2.73. The second-order valence-corrected chi connectivity index (χ2v) is 3.87. The van der Waals surface area contributed by atoms with Crippen molar-refractivity contribution in [1.82, 2.24) is 4.90 Å². The van der Waals surface area contributed by atoms with E-state index in [0.717, 1.165) is 6.42 Å². The van der Waals surface area contributed by atoms with Gasteiger partial charge in [-0.3, -0.25) is 4.79 Å². The largest absolute Gasteiger partial charge is 0.480 e. The van der Waals surface area contributed by atoms with Gasteiger partial charge in [0.25, 0.3) is 0 Å². The number of carboxylic acid groups (broad SMARTS) is 1. The number of hydrogen-bond donors (Lipinski definition) is 2. The second-order valence-electron chi connectivity index (χ2n) is 3.87. The van der Waals surface area contributed by atoms with Gasteiger partial charge in [-0.15, -0.1) is 0 Å². The number of rotatable bonds is 4. The Balaban J connectivity index is 2.69. The molecule has 15 heavy (non-hydrogen) atoms. The summed E-state index contributed by atoms with van der Waals surface area (Å²) in [5, 5.41) is 8.93. The molecule has 3 N–H and O–H groups in total. The molecule has 1 amide bonds. The van der Waals surface area contributed by atoms with E-state index in [0.29, 0.717) is 19.4 Å². The lowest BCUT2D eigenvalue weighted by atomic mass is 10.0. The van der Waals surface area contributed by atoms with Crippen LogP contribution in [-0.4, -0.2) is 41.0 Å². The molecule has 0 saturated carbocycles. The van der Waals surface area contributed by atoms with Gasteiger partial charge in [-0.05, 0) is 19.3 Å². The predicted molar refractivity (Wildman–Crippen MR) is 55.2 cm³/mol. The maximum absolute atomic E-state index is 11.9. The normalized spacial score (nSPS) is 22.8. The van der Waals surface area contributed by atoms with Gasteiger partial charge < -0.3 is 15.7 Å².